The minimum Gasteiger partial charge on any atom is -0.462 e. The minimum atomic E-state index is -0.763. The molecule has 0 N–H and O–H groups in total. The minimum absolute atomic E-state index is 0.0628. The average molecular weight is 948 g/mol. The summed E-state index contributed by atoms with van der Waals surface area (Å²) in [4.78, 5) is 38.2. The fourth-order valence-electron chi connectivity index (χ4n) is 9.40. The molecule has 1 atom stereocenters. The molecule has 0 saturated carbocycles. The lowest BCUT2D eigenvalue weighted by Crippen LogP contribution is -2.30. The van der Waals surface area contributed by atoms with E-state index in [1.165, 1.54) is 231 Å². The van der Waals surface area contributed by atoms with Gasteiger partial charge in [-0.3, -0.25) is 14.4 Å². The van der Waals surface area contributed by atoms with E-state index in [0.717, 1.165) is 69.6 Å². The third kappa shape index (κ3) is 55.2. The number of carbonyl (C=O) groups excluding carboxylic acids is 3. The molecular weight excluding hydrogens is 829 g/mol. The van der Waals surface area contributed by atoms with Gasteiger partial charge in [-0.1, -0.05) is 304 Å². The van der Waals surface area contributed by atoms with Crippen LogP contribution < -0.4 is 0 Å². The van der Waals surface area contributed by atoms with Crippen LogP contribution in [0.3, 0.4) is 0 Å². The Bertz CT molecular complexity index is 1020. The molecule has 0 bridgehead atoms. The van der Waals surface area contributed by atoms with Crippen LogP contribution in [-0.4, -0.2) is 37.2 Å². The van der Waals surface area contributed by atoms with E-state index in [1.807, 2.05) is 0 Å². The van der Waals surface area contributed by atoms with Crippen molar-refractivity contribution in [2.75, 3.05) is 13.2 Å². The number of esters is 3. The first kappa shape index (κ1) is 65.4. The summed E-state index contributed by atoms with van der Waals surface area (Å²) in [7, 11) is 0. The van der Waals surface area contributed by atoms with E-state index in [-0.39, 0.29) is 31.1 Å². The van der Waals surface area contributed by atoms with Crippen molar-refractivity contribution in [3.63, 3.8) is 0 Å². The first-order valence-corrected chi connectivity index (χ1v) is 30.2. The highest BCUT2D eigenvalue weighted by molar-refractivity contribution is 5.71. The molecule has 0 radical (unpaired) electrons. The fourth-order valence-corrected chi connectivity index (χ4v) is 9.40. The van der Waals surface area contributed by atoms with Gasteiger partial charge in [0.1, 0.15) is 13.2 Å². The Morgan fingerprint density at radius 1 is 0.284 bits per heavy atom. The van der Waals surface area contributed by atoms with Crippen LogP contribution in [0.1, 0.15) is 343 Å². The Hall–Kier alpha value is -1.59. The third-order valence-corrected chi connectivity index (χ3v) is 14.0. The van der Waals surface area contributed by atoms with Crippen molar-refractivity contribution < 1.29 is 28.6 Å². The summed E-state index contributed by atoms with van der Waals surface area (Å²) in [5, 5.41) is 0. The number of ether oxygens (including phenoxy) is 3. The highest BCUT2D eigenvalue weighted by Gasteiger charge is 2.19. The molecule has 6 nitrogen and oxygen atoms in total. The fraction of sp³-hybridized carbons (Fsp3) is 0.951. The second-order valence-corrected chi connectivity index (χ2v) is 21.9. The summed E-state index contributed by atoms with van der Waals surface area (Å²) in [5.74, 6) is 0.809. The molecule has 67 heavy (non-hydrogen) atoms. The molecule has 0 saturated heterocycles. The lowest BCUT2D eigenvalue weighted by molar-refractivity contribution is -0.167. The molecule has 0 rings (SSSR count). The number of hydrogen-bond acceptors (Lipinski definition) is 6. The molecule has 6 heteroatoms. The molecule has 0 heterocycles. The average Bonchev–Trinajstić information content (AvgIpc) is 3.30. The van der Waals surface area contributed by atoms with Crippen LogP contribution in [0.4, 0.5) is 0 Å². The Morgan fingerprint density at radius 2 is 0.493 bits per heavy atom. The molecule has 0 aliphatic rings. The number of carbonyl (C=O) groups is 3. The summed E-state index contributed by atoms with van der Waals surface area (Å²) in [6.07, 6.45) is 58.2. The van der Waals surface area contributed by atoms with Crippen LogP contribution in [-0.2, 0) is 28.6 Å². The second-order valence-electron chi connectivity index (χ2n) is 21.9. The van der Waals surface area contributed by atoms with Gasteiger partial charge in [0.2, 0.25) is 0 Å². The summed E-state index contributed by atoms with van der Waals surface area (Å²) in [6, 6.07) is 0. The predicted molar refractivity (Wildman–Crippen MR) is 289 cm³/mol. The van der Waals surface area contributed by atoms with Crippen LogP contribution in [0.15, 0.2) is 0 Å². The summed E-state index contributed by atoms with van der Waals surface area (Å²) in [5.41, 5.74) is 0. The maximum atomic E-state index is 12.9. The highest BCUT2D eigenvalue weighted by atomic mass is 16.6. The van der Waals surface area contributed by atoms with Crippen LogP contribution in [0.5, 0.6) is 0 Å². The summed E-state index contributed by atoms with van der Waals surface area (Å²) < 4.78 is 16.9. The van der Waals surface area contributed by atoms with E-state index in [4.69, 9.17) is 14.2 Å². The van der Waals surface area contributed by atoms with Crippen molar-refractivity contribution in [1.82, 2.24) is 0 Å². The van der Waals surface area contributed by atoms with Gasteiger partial charge in [0.05, 0.1) is 0 Å². The molecular formula is C61H118O6. The maximum Gasteiger partial charge on any atom is 0.306 e. The second kappa shape index (κ2) is 53.8. The summed E-state index contributed by atoms with van der Waals surface area (Å²) in [6.45, 7) is 11.4. The number of hydrogen-bond donors (Lipinski definition) is 0. The van der Waals surface area contributed by atoms with Crippen molar-refractivity contribution in [2.45, 2.75) is 349 Å². The van der Waals surface area contributed by atoms with E-state index in [9.17, 15) is 14.4 Å². The quantitative estimate of drug-likeness (QED) is 0.0343. The Labute approximate surface area is 418 Å². The van der Waals surface area contributed by atoms with Gasteiger partial charge in [0, 0.05) is 19.3 Å². The number of rotatable bonds is 55. The standard InChI is InChI=1S/C61H118O6/c1-6-7-8-9-10-11-12-13-14-15-16-17-21-24-27-30-36-41-46-51-59(62)65-54-58(55-66-60(63)52-47-42-37-33-32-35-40-45-50-57(4)5)67-61(64)53-48-43-38-31-28-25-22-19-18-20-23-26-29-34-39-44-49-56(2)3/h56-58H,6-55H2,1-5H3/t58-/m1/s1. The molecule has 0 spiro atoms. The van der Waals surface area contributed by atoms with Crippen molar-refractivity contribution in [3.05, 3.63) is 0 Å². The smallest absolute Gasteiger partial charge is 0.306 e. The largest absolute Gasteiger partial charge is 0.462 e. The van der Waals surface area contributed by atoms with E-state index < -0.39 is 6.10 Å². The molecule has 0 fully saturated rings. The molecule has 0 amide bonds. The van der Waals surface area contributed by atoms with Crippen molar-refractivity contribution in [1.29, 1.82) is 0 Å². The van der Waals surface area contributed by atoms with Crippen molar-refractivity contribution in [3.8, 4) is 0 Å². The summed E-state index contributed by atoms with van der Waals surface area (Å²) >= 11 is 0. The highest BCUT2D eigenvalue weighted by Crippen LogP contribution is 2.18. The lowest BCUT2D eigenvalue weighted by Gasteiger charge is -2.18. The lowest BCUT2D eigenvalue weighted by atomic mass is 10.0. The van der Waals surface area contributed by atoms with Crippen molar-refractivity contribution in [2.24, 2.45) is 11.8 Å². The van der Waals surface area contributed by atoms with E-state index in [0.29, 0.717) is 19.3 Å². The zero-order valence-corrected chi connectivity index (χ0v) is 46.0. The van der Waals surface area contributed by atoms with Crippen LogP contribution in [0.25, 0.3) is 0 Å². The molecule has 398 valence electrons. The molecule has 0 unspecified atom stereocenters. The van der Waals surface area contributed by atoms with Gasteiger partial charge in [0.15, 0.2) is 6.10 Å². The Kier molecular flexibility index (Phi) is 52.5. The van der Waals surface area contributed by atoms with Crippen molar-refractivity contribution >= 4 is 17.9 Å². The zero-order valence-electron chi connectivity index (χ0n) is 46.0. The SMILES string of the molecule is CCCCCCCCCCCCCCCCCCCCCC(=O)OC[C@H](COC(=O)CCCCCCCCCCC(C)C)OC(=O)CCCCCCCCCCCCCCCCCCC(C)C. The molecule has 0 aliphatic heterocycles. The molecule has 0 aromatic heterocycles. The maximum absolute atomic E-state index is 12.9. The normalized spacial score (nSPS) is 12.0. The Morgan fingerprint density at radius 3 is 0.731 bits per heavy atom. The van der Waals surface area contributed by atoms with Gasteiger partial charge in [0.25, 0.3) is 0 Å². The predicted octanol–water partition coefficient (Wildman–Crippen LogP) is 20.0. The van der Waals surface area contributed by atoms with Crippen LogP contribution in [0, 0.1) is 11.8 Å². The molecule has 0 aromatic carbocycles. The Balaban J connectivity index is 4.24. The van der Waals surface area contributed by atoms with Gasteiger partial charge in [-0.05, 0) is 31.1 Å². The monoisotopic (exact) mass is 947 g/mol. The topological polar surface area (TPSA) is 78.9 Å². The van der Waals surface area contributed by atoms with Crippen LogP contribution in [0.2, 0.25) is 0 Å². The first-order chi connectivity index (χ1) is 32.7. The molecule has 0 aromatic rings. The zero-order chi connectivity index (χ0) is 48.9. The van der Waals surface area contributed by atoms with Gasteiger partial charge < -0.3 is 14.2 Å². The van der Waals surface area contributed by atoms with Gasteiger partial charge in [-0.2, -0.15) is 0 Å². The van der Waals surface area contributed by atoms with E-state index in [1.54, 1.807) is 0 Å². The van der Waals surface area contributed by atoms with Gasteiger partial charge in [-0.15, -0.1) is 0 Å². The third-order valence-electron chi connectivity index (χ3n) is 14.0. The van der Waals surface area contributed by atoms with Crippen LogP contribution >= 0.6 is 0 Å². The molecule has 0 aliphatic carbocycles. The van der Waals surface area contributed by atoms with Gasteiger partial charge in [-0.25, -0.2) is 0 Å². The van der Waals surface area contributed by atoms with Gasteiger partial charge >= 0.3 is 17.9 Å². The van der Waals surface area contributed by atoms with E-state index >= 15 is 0 Å². The number of unbranched alkanes of at least 4 members (excludes halogenated alkanes) is 40. The van der Waals surface area contributed by atoms with E-state index in [2.05, 4.69) is 34.6 Å². The first-order valence-electron chi connectivity index (χ1n) is 30.2.